The van der Waals surface area contributed by atoms with Gasteiger partial charge in [0.15, 0.2) is 18.1 Å². The number of carbonyl (C=O) groups excluding carboxylic acids is 3. The summed E-state index contributed by atoms with van der Waals surface area (Å²) < 4.78 is 24.8. The van der Waals surface area contributed by atoms with Crippen molar-refractivity contribution in [3.8, 4) is 0 Å². The van der Waals surface area contributed by atoms with Crippen molar-refractivity contribution in [3.63, 3.8) is 0 Å². The molecule has 2 heterocycles. The van der Waals surface area contributed by atoms with Gasteiger partial charge in [-0.2, -0.15) is 0 Å². The molecule has 0 amide bonds. The van der Waals surface area contributed by atoms with Crippen LogP contribution in [0.3, 0.4) is 0 Å². The van der Waals surface area contributed by atoms with E-state index in [1.165, 1.54) is 6.92 Å². The summed E-state index contributed by atoms with van der Waals surface area (Å²) in [6.45, 7) is 7.50. The van der Waals surface area contributed by atoms with Gasteiger partial charge in [0.25, 0.3) is 0 Å². The number of morpholine rings is 1. The highest BCUT2D eigenvalue weighted by Gasteiger charge is 2.21. The molecule has 1 aromatic heterocycles. The number of esters is 1. The Morgan fingerprint density at radius 2 is 1.84 bits per heavy atom. The van der Waals surface area contributed by atoms with Crippen molar-refractivity contribution < 1.29 is 37.4 Å². The molecule has 0 bridgehead atoms. The summed E-state index contributed by atoms with van der Waals surface area (Å²) in [5.41, 5.74) is 0. The van der Waals surface area contributed by atoms with E-state index in [1.807, 2.05) is 0 Å². The van der Waals surface area contributed by atoms with Crippen LogP contribution in [0.15, 0.2) is 13.6 Å². The lowest BCUT2D eigenvalue weighted by molar-refractivity contribution is -0.144. The highest BCUT2D eigenvalue weighted by Crippen LogP contribution is 2.18. The Balaban J connectivity index is 1.53. The predicted octanol–water partition coefficient (Wildman–Crippen LogP) is 2.30. The third kappa shape index (κ3) is 9.70. The second-order valence-corrected chi connectivity index (χ2v) is 8.36. The Morgan fingerprint density at radius 3 is 2.52 bits per heavy atom. The Hall–Kier alpha value is -2.11. The summed E-state index contributed by atoms with van der Waals surface area (Å²) in [6, 6.07) is 0. The number of nitrogens with zero attached hydrogens (tertiary/aromatic N) is 1. The van der Waals surface area contributed by atoms with Gasteiger partial charge in [-0.3, -0.25) is 14.5 Å². The minimum absolute atomic E-state index is 0.0101. The van der Waals surface area contributed by atoms with Crippen LogP contribution < -0.4 is 5.82 Å². The number of aryl methyl sites for hydroxylation is 1. The van der Waals surface area contributed by atoms with Gasteiger partial charge in [-0.1, -0.05) is 0 Å². The maximum absolute atomic E-state index is 12.1. The van der Waals surface area contributed by atoms with Crippen molar-refractivity contribution in [1.29, 1.82) is 0 Å². The van der Waals surface area contributed by atoms with Crippen LogP contribution in [0.5, 0.6) is 0 Å². The molecule has 1 atom stereocenters. The van der Waals surface area contributed by atoms with Crippen molar-refractivity contribution in [2.24, 2.45) is 0 Å². The average molecular weight is 460 g/mol. The molecule has 174 valence electrons. The number of unbranched alkanes of at least 4 members (excludes halogenated alkanes) is 1. The Labute approximate surface area is 184 Å². The highest BCUT2D eigenvalue weighted by molar-refractivity contribution is 8.14. The first-order chi connectivity index (χ1) is 14.8. The van der Waals surface area contributed by atoms with Gasteiger partial charge in [-0.15, -0.1) is 0 Å². The van der Waals surface area contributed by atoms with Gasteiger partial charge in [0.1, 0.15) is 5.78 Å². The van der Waals surface area contributed by atoms with Gasteiger partial charge in [0.2, 0.25) is 0 Å². The molecule has 0 saturated carbocycles. The van der Waals surface area contributed by atoms with Crippen LogP contribution in [0.25, 0.3) is 0 Å². The van der Waals surface area contributed by atoms with Crippen molar-refractivity contribution in [1.82, 2.24) is 4.90 Å². The third-order valence-electron chi connectivity index (χ3n) is 4.69. The summed E-state index contributed by atoms with van der Waals surface area (Å²) in [5, 5.41) is -1.36. The second kappa shape index (κ2) is 13.3. The van der Waals surface area contributed by atoms with Gasteiger partial charge >= 0.3 is 17.1 Å². The number of rotatable bonds is 12. The lowest BCUT2D eigenvalue weighted by Crippen LogP contribution is -2.36. The normalized spacial score (nSPS) is 15.4. The van der Waals surface area contributed by atoms with Gasteiger partial charge in [0.05, 0.1) is 31.5 Å². The molecule has 0 aromatic carbocycles. The van der Waals surface area contributed by atoms with Crippen molar-refractivity contribution in [3.05, 3.63) is 22.1 Å². The monoisotopic (exact) mass is 459 g/mol. The SMILES string of the molecule is Cc1oc(=O)oc1COC(=O)SC(C)C(=O)CCC(=O)OCCCCN1CCOCC1. The molecule has 1 aliphatic rings. The lowest BCUT2D eigenvalue weighted by Gasteiger charge is -2.26. The Bertz CT molecular complexity index is 782. The number of Topliss-reactive ketones (excluding diaryl/α,β-unsaturated/α-hetero) is 1. The van der Waals surface area contributed by atoms with Gasteiger partial charge in [-0.25, -0.2) is 9.59 Å². The van der Waals surface area contributed by atoms with Crippen LogP contribution in [0.4, 0.5) is 4.79 Å². The predicted molar refractivity (Wildman–Crippen MR) is 111 cm³/mol. The topological polar surface area (TPSA) is 125 Å². The Kier molecular flexibility index (Phi) is 10.8. The van der Waals surface area contributed by atoms with Crippen LogP contribution in [-0.4, -0.2) is 66.7 Å². The number of hydrogen-bond acceptors (Lipinski definition) is 11. The van der Waals surface area contributed by atoms with E-state index in [4.69, 9.17) is 18.6 Å². The minimum atomic E-state index is -0.872. The van der Waals surface area contributed by atoms with E-state index in [-0.39, 0.29) is 36.8 Å². The molecule has 31 heavy (non-hydrogen) atoms. The molecular weight excluding hydrogens is 430 g/mol. The third-order valence-corrected chi connectivity index (χ3v) is 5.62. The van der Waals surface area contributed by atoms with Crippen LogP contribution in [0, 0.1) is 6.92 Å². The first-order valence-corrected chi connectivity index (χ1v) is 11.1. The summed E-state index contributed by atoms with van der Waals surface area (Å²) >= 11 is 0.702. The molecule has 11 heteroatoms. The zero-order valence-electron chi connectivity index (χ0n) is 17.9. The quantitative estimate of drug-likeness (QED) is 0.337. The molecule has 1 unspecified atom stereocenters. The standard InChI is InChI=1S/C20H29NO9S/c1-14-17(30-19(24)29-14)13-28-20(25)31-15(2)16(22)5-6-18(23)27-10-4-3-7-21-8-11-26-12-9-21/h15H,3-13H2,1-2H3. The second-order valence-electron chi connectivity index (χ2n) is 7.08. The largest absolute Gasteiger partial charge is 0.519 e. The molecule has 0 N–H and O–H groups in total. The molecule has 0 spiro atoms. The van der Waals surface area contributed by atoms with E-state index in [2.05, 4.69) is 9.32 Å². The fourth-order valence-electron chi connectivity index (χ4n) is 2.82. The lowest BCUT2D eigenvalue weighted by atomic mass is 10.2. The smallest absolute Gasteiger partial charge is 0.466 e. The van der Waals surface area contributed by atoms with E-state index in [9.17, 15) is 19.2 Å². The fourth-order valence-corrected chi connectivity index (χ4v) is 3.49. The highest BCUT2D eigenvalue weighted by atomic mass is 32.2. The van der Waals surface area contributed by atoms with Crippen LogP contribution in [-0.2, 0) is 30.4 Å². The molecule has 1 aliphatic heterocycles. The summed E-state index contributed by atoms with van der Waals surface area (Å²) in [5.74, 6) is -1.21. The molecular formula is C20H29NO9S. The van der Waals surface area contributed by atoms with E-state index in [0.29, 0.717) is 18.4 Å². The van der Waals surface area contributed by atoms with Crippen LogP contribution in [0.2, 0.25) is 0 Å². The van der Waals surface area contributed by atoms with Gasteiger partial charge in [-0.05, 0) is 45.0 Å². The zero-order valence-corrected chi connectivity index (χ0v) is 18.7. The molecule has 1 saturated heterocycles. The van der Waals surface area contributed by atoms with E-state index in [0.717, 1.165) is 45.7 Å². The minimum Gasteiger partial charge on any atom is -0.466 e. The zero-order chi connectivity index (χ0) is 22.6. The Morgan fingerprint density at radius 1 is 1.10 bits per heavy atom. The fraction of sp³-hybridized carbons (Fsp3) is 0.700. The number of ether oxygens (including phenoxy) is 3. The molecule has 1 aromatic rings. The molecule has 0 aliphatic carbocycles. The van der Waals surface area contributed by atoms with Crippen molar-refractivity contribution in [2.45, 2.75) is 51.4 Å². The number of carbonyl (C=O) groups is 3. The maximum atomic E-state index is 12.1. The molecule has 2 rings (SSSR count). The molecule has 1 fully saturated rings. The van der Waals surface area contributed by atoms with Crippen molar-refractivity contribution in [2.75, 3.05) is 39.5 Å². The summed E-state index contributed by atoms with van der Waals surface area (Å²) in [6.07, 6.45) is 1.67. The number of hydrogen-bond donors (Lipinski definition) is 0. The maximum Gasteiger partial charge on any atom is 0.519 e. The van der Waals surface area contributed by atoms with Crippen LogP contribution in [0.1, 0.15) is 44.1 Å². The number of ketones is 1. The summed E-state index contributed by atoms with van der Waals surface area (Å²) in [4.78, 5) is 49.1. The van der Waals surface area contributed by atoms with E-state index in [1.54, 1.807) is 6.92 Å². The molecule has 0 radical (unpaired) electrons. The average Bonchev–Trinajstić information content (AvgIpc) is 3.07. The molecule has 10 nitrogen and oxygen atoms in total. The first kappa shape index (κ1) is 25.2. The van der Waals surface area contributed by atoms with Crippen LogP contribution >= 0.6 is 11.8 Å². The first-order valence-electron chi connectivity index (χ1n) is 10.3. The van der Waals surface area contributed by atoms with Gasteiger partial charge < -0.3 is 23.0 Å². The number of thioether (sulfide) groups is 1. The van der Waals surface area contributed by atoms with Crippen molar-refractivity contribution >= 4 is 28.8 Å². The van der Waals surface area contributed by atoms with E-state index >= 15 is 0 Å². The summed E-state index contributed by atoms with van der Waals surface area (Å²) in [7, 11) is 0. The van der Waals surface area contributed by atoms with E-state index < -0.39 is 22.3 Å². The van der Waals surface area contributed by atoms with Gasteiger partial charge in [0, 0.05) is 19.5 Å².